The Bertz CT molecular complexity index is 636. The summed E-state index contributed by atoms with van der Waals surface area (Å²) in [6.45, 7) is 2.26. The average Bonchev–Trinajstić information content (AvgIpc) is 2.66. The molecule has 0 unspecified atom stereocenters. The fraction of sp³-hybridized carbons (Fsp3) is 0.700. The molecule has 144 valence electrons. The van der Waals surface area contributed by atoms with Gasteiger partial charge < -0.3 is 4.74 Å². The van der Waals surface area contributed by atoms with E-state index in [2.05, 4.69) is 11.9 Å². The molecule has 0 radical (unpaired) electrons. The van der Waals surface area contributed by atoms with Crippen LogP contribution in [-0.2, 0) is 4.79 Å². The van der Waals surface area contributed by atoms with Crippen LogP contribution in [0.4, 0.5) is 13.2 Å². The molecule has 0 bridgehead atoms. The van der Waals surface area contributed by atoms with E-state index >= 15 is 0 Å². The Morgan fingerprint density at radius 1 is 1.00 bits per heavy atom. The number of pyridine rings is 1. The summed E-state index contributed by atoms with van der Waals surface area (Å²) in [5.74, 6) is -3.44. The second-order valence-corrected chi connectivity index (χ2v) is 7.77. The van der Waals surface area contributed by atoms with Gasteiger partial charge in [-0.25, -0.2) is 4.39 Å². The van der Waals surface area contributed by atoms with E-state index in [9.17, 15) is 18.0 Å². The van der Waals surface area contributed by atoms with Crippen molar-refractivity contribution in [3.63, 3.8) is 0 Å². The van der Waals surface area contributed by atoms with E-state index in [1.54, 1.807) is 0 Å². The van der Waals surface area contributed by atoms with Crippen molar-refractivity contribution in [2.24, 2.45) is 23.7 Å². The van der Waals surface area contributed by atoms with Crippen LogP contribution >= 0.6 is 0 Å². The van der Waals surface area contributed by atoms with Crippen molar-refractivity contribution >= 4 is 5.97 Å². The Hall–Kier alpha value is -1.59. The first-order valence-electron chi connectivity index (χ1n) is 9.71. The van der Waals surface area contributed by atoms with Gasteiger partial charge in [0.15, 0.2) is 11.6 Å². The Kier molecular flexibility index (Phi) is 6.20. The molecule has 1 aromatic rings. The summed E-state index contributed by atoms with van der Waals surface area (Å²) in [7, 11) is 0. The molecule has 1 aromatic heterocycles. The number of esters is 1. The molecule has 3 rings (SSSR count). The topological polar surface area (TPSA) is 39.2 Å². The van der Waals surface area contributed by atoms with E-state index in [-0.39, 0.29) is 5.92 Å². The number of aromatic nitrogens is 1. The standard InChI is InChI=1S/C20H26F3NO2/c1-2-12-3-5-13(6-4-12)14-7-9-15(10-8-14)20(25)26-17-11-16(21)18(22)24-19(17)23/h11-15H,2-10H2,1H3/t12-,13-,14?,15?. The Labute approximate surface area is 152 Å². The van der Waals surface area contributed by atoms with Crippen LogP contribution in [-0.4, -0.2) is 11.0 Å². The van der Waals surface area contributed by atoms with Crippen LogP contribution in [0.2, 0.25) is 0 Å². The van der Waals surface area contributed by atoms with Crippen molar-refractivity contribution in [1.82, 2.24) is 4.98 Å². The number of carbonyl (C=O) groups is 1. The summed E-state index contributed by atoms with van der Waals surface area (Å²) in [6.07, 6.45) is 9.80. The van der Waals surface area contributed by atoms with Crippen LogP contribution in [0.15, 0.2) is 6.07 Å². The minimum absolute atomic E-state index is 0.314. The quantitative estimate of drug-likeness (QED) is 0.525. The van der Waals surface area contributed by atoms with Crippen molar-refractivity contribution in [2.75, 3.05) is 0 Å². The Morgan fingerprint density at radius 3 is 2.15 bits per heavy atom. The normalized spacial score (nSPS) is 29.4. The highest BCUT2D eigenvalue weighted by atomic mass is 19.2. The number of rotatable bonds is 4. The van der Waals surface area contributed by atoms with Crippen molar-refractivity contribution in [3.8, 4) is 5.75 Å². The van der Waals surface area contributed by atoms with Crippen LogP contribution in [0.1, 0.15) is 64.7 Å². The zero-order valence-electron chi connectivity index (χ0n) is 15.1. The first kappa shape index (κ1) is 19.2. The van der Waals surface area contributed by atoms with E-state index in [4.69, 9.17) is 4.74 Å². The van der Waals surface area contributed by atoms with Gasteiger partial charge in [0.25, 0.3) is 11.9 Å². The van der Waals surface area contributed by atoms with E-state index in [1.807, 2.05) is 0 Å². The summed E-state index contributed by atoms with van der Waals surface area (Å²) in [4.78, 5) is 15.0. The van der Waals surface area contributed by atoms with Gasteiger partial charge in [0.05, 0.1) is 5.92 Å². The highest BCUT2D eigenvalue weighted by molar-refractivity contribution is 5.75. The van der Waals surface area contributed by atoms with Gasteiger partial charge in [0.2, 0.25) is 0 Å². The maximum atomic E-state index is 13.5. The minimum atomic E-state index is -1.54. The molecule has 2 saturated carbocycles. The van der Waals surface area contributed by atoms with Crippen LogP contribution in [0, 0.1) is 41.4 Å². The molecular formula is C20H26F3NO2. The van der Waals surface area contributed by atoms with E-state index in [1.165, 1.54) is 32.1 Å². The molecule has 2 aliphatic rings. The van der Waals surface area contributed by atoms with E-state index < -0.39 is 29.4 Å². The molecule has 3 nitrogen and oxygen atoms in total. The summed E-state index contributed by atoms with van der Waals surface area (Å²) in [5, 5.41) is 0. The summed E-state index contributed by atoms with van der Waals surface area (Å²) < 4.78 is 44.5. The molecule has 0 amide bonds. The zero-order chi connectivity index (χ0) is 18.7. The summed E-state index contributed by atoms with van der Waals surface area (Å²) in [6, 6.07) is 0.535. The van der Waals surface area contributed by atoms with Crippen molar-refractivity contribution in [1.29, 1.82) is 0 Å². The van der Waals surface area contributed by atoms with Crippen LogP contribution in [0.5, 0.6) is 5.75 Å². The smallest absolute Gasteiger partial charge is 0.314 e. The SMILES string of the molecule is CC[C@H]1CC[C@H](C2CCC(C(=O)Oc3cc(F)c(F)nc3F)CC2)CC1. The zero-order valence-corrected chi connectivity index (χ0v) is 15.1. The third kappa shape index (κ3) is 4.38. The van der Waals surface area contributed by atoms with Crippen molar-refractivity contribution in [2.45, 2.75) is 64.7 Å². The molecule has 0 N–H and O–H groups in total. The molecule has 0 spiro atoms. The highest BCUT2D eigenvalue weighted by Gasteiger charge is 2.33. The first-order valence-corrected chi connectivity index (χ1v) is 9.71. The molecule has 0 aliphatic heterocycles. The molecule has 6 heteroatoms. The van der Waals surface area contributed by atoms with E-state index in [0.717, 1.165) is 24.7 Å². The minimum Gasteiger partial charge on any atom is -0.421 e. The number of halogens is 3. The van der Waals surface area contributed by atoms with Gasteiger partial charge >= 0.3 is 5.97 Å². The van der Waals surface area contributed by atoms with Crippen molar-refractivity contribution in [3.05, 3.63) is 23.8 Å². The number of ether oxygens (including phenoxy) is 1. The Balaban J connectivity index is 1.50. The number of hydrogen-bond acceptors (Lipinski definition) is 3. The molecule has 0 saturated heterocycles. The van der Waals surface area contributed by atoms with Gasteiger partial charge in [-0.15, -0.1) is 0 Å². The molecule has 2 fully saturated rings. The largest absolute Gasteiger partial charge is 0.421 e. The van der Waals surface area contributed by atoms with Gasteiger partial charge in [-0.05, 0) is 56.3 Å². The summed E-state index contributed by atoms with van der Waals surface area (Å²) in [5.41, 5.74) is 0. The van der Waals surface area contributed by atoms with Gasteiger partial charge in [-0.2, -0.15) is 13.8 Å². The summed E-state index contributed by atoms with van der Waals surface area (Å²) >= 11 is 0. The van der Waals surface area contributed by atoms with Crippen molar-refractivity contribution < 1.29 is 22.7 Å². The number of carbonyl (C=O) groups excluding carboxylic acids is 1. The maximum Gasteiger partial charge on any atom is 0.314 e. The maximum absolute atomic E-state index is 13.5. The monoisotopic (exact) mass is 369 g/mol. The fourth-order valence-corrected chi connectivity index (χ4v) is 4.59. The lowest BCUT2D eigenvalue weighted by Crippen LogP contribution is -2.30. The lowest BCUT2D eigenvalue weighted by Gasteiger charge is -2.37. The molecule has 0 aromatic carbocycles. The third-order valence-corrected chi connectivity index (χ3v) is 6.31. The third-order valence-electron chi connectivity index (χ3n) is 6.31. The lowest BCUT2D eigenvalue weighted by atomic mass is 9.69. The molecular weight excluding hydrogens is 343 g/mol. The van der Waals surface area contributed by atoms with Gasteiger partial charge in [0, 0.05) is 6.07 Å². The van der Waals surface area contributed by atoms with E-state index in [0.29, 0.717) is 24.8 Å². The molecule has 0 atom stereocenters. The number of hydrogen-bond donors (Lipinski definition) is 0. The lowest BCUT2D eigenvalue weighted by molar-refractivity contribution is -0.140. The average molecular weight is 369 g/mol. The molecule has 26 heavy (non-hydrogen) atoms. The van der Waals surface area contributed by atoms with Gasteiger partial charge in [-0.3, -0.25) is 4.79 Å². The second-order valence-electron chi connectivity index (χ2n) is 7.77. The van der Waals surface area contributed by atoms with Crippen LogP contribution in [0.3, 0.4) is 0 Å². The van der Waals surface area contributed by atoms with Gasteiger partial charge in [0.1, 0.15) is 0 Å². The van der Waals surface area contributed by atoms with Gasteiger partial charge in [-0.1, -0.05) is 26.2 Å². The second kappa shape index (κ2) is 8.40. The fourth-order valence-electron chi connectivity index (χ4n) is 4.59. The molecule has 1 heterocycles. The predicted molar refractivity (Wildman–Crippen MR) is 90.9 cm³/mol. The first-order chi connectivity index (χ1) is 12.5. The number of nitrogens with zero attached hydrogens (tertiary/aromatic N) is 1. The van der Waals surface area contributed by atoms with Crippen LogP contribution < -0.4 is 4.74 Å². The van der Waals surface area contributed by atoms with Crippen LogP contribution in [0.25, 0.3) is 0 Å². The highest BCUT2D eigenvalue weighted by Crippen LogP contribution is 2.42. The predicted octanol–water partition coefficient (Wildman–Crippen LogP) is 5.43. The Morgan fingerprint density at radius 2 is 1.58 bits per heavy atom. The molecule has 2 aliphatic carbocycles.